The number of aliphatic hydroxyl groups is 1. The van der Waals surface area contributed by atoms with E-state index in [2.05, 4.69) is 57.7 Å². The summed E-state index contributed by atoms with van der Waals surface area (Å²) in [6.45, 7) is 10.6. The van der Waals surface area contributed by atoms with E-state index >= 15 is 0 Å². The first-order chi connectivity index (χ1) is 20.0. The fourth-order valence-electron chi connectivity index (χ4n) is 5.61. The Labute approximate surface area is 243 Å². The first-order valence-corrected chi connectivity index (χ1v) is 14.7. The molecule has 2 amide bonds. The summed E-state index contributed by atoms with van der Waals surface area (Å²) in [4.78, 5) is 17.0. The van der Waals surface area contributed by atoms with Crippen LogP contribution in [0, 0.1) is 5.92 Å². The number of anilines is 1. The molecule has 3 aromatic rings. The van der Waals surface area contributed by atoms with Gasteiger partial charge in [-0.3, -0.25) is 9.80 Å². The fourth-order valence-corrected chi connectivity index (χ4v) is 5.61. The second-order valence-electron chi connectivity index (χ2n) is 11.0. The Kier molecular flexibility index (Phi) is 10.0. The van der Waals surface area contributed by atoms with Crippen LogP contribution in [0.4, 0.5) is 10.5 Å². The molecule has 0 spiro atoms. The third kappa shape index (κ3) is 7.72. The minimum atomic E-state index is -0.531. The molecule has 218 valence electrons. The molecule has 2 aliphatic rings. The van der Waals surface area contributed by atoms with Gasteiger partial charge >= 0.3 is 6.03 Å². The van der Waals surface area contributed by atoms with Gasteiger partial charge in [-0.25, -0.2) is 4.79 Å². The number of nitrogens with zero attached hydrogens (tertiary/aromatic N) is 2. The SMILES string of the molecule is CCNC(=O)Nc1ccc([C@H]2O[C@@H](CN3CCN(Cc4ccccc4)CC3)[C@@H](C)[C@@H](c3ccc(CO)cc3)O2)cc1. The molecule has 8 heteroatoms. The normalized spacial score (nSPS) is 23.7. The molecule has 0 bridgehead atoms. The van der Waals surface area contributed by atoms with E-state index < -0.39 is 6.29 Å². The Morgan fingerprint density at radius 2 is 1.51 bits per heavy atom. The third-order valence-corrected chi connectivity index (χ3v) is 8.05. The topological polar surface area (TPSA) is 86.3 Å². The number of aliphatic hydroxyl groups excluding tert-OH is 1. The van der Waals surface area contributed by atoms with Gasteiger partial charge in [-0.15, -0.1) is 0 Å². The number of carbonyl (C=O) groups is 1. The lowest BCUT2D eigenvalue weighted by atomic mass is 9.90. The molecule has 41 heavy (non-hydrogen) atoms. The predicted octanol–water partition coefficient (Wildman–Crippen LogP) is 4.93. The first-order valence-electron chi connectivity index (χ1n) is 14.7. The van der Waals surface area contributed by atoms with Gasteiger partial charge in [-0.05, 0) is 35.7 Å². The van der Waals surface area contributed by atoms with Gasteiger partial charge in [0.15, 0.2) is 6.29 Å². The highest BCUT2D eigenvalue weighted by Crippen LogP contribution is 2.42. The molecular formula is C33H42N4O4. The van der Waals surface area contributed by atoms with Crippen LogP contribution in [-0.4, -0.2) is 66.3 Å². The highest BCUT2D eigenvalue weighted by Gasteiger charge is 2.39. The van der Waals surface area contributed by atoms with Crippen LogP contribution in [0.5, 0.6) is 0 Å². The average molecular weight is 559 g/mol. The highest BCUT2D eigenvalue weighted by molar-refractivity contribution is 5.89. The van der Waals surface area contributed by atoms with Gasteiger partial charge in [-0.2, -0.15) is 0 Å². The summed E-state index contributed by atoms with van der Waals surface area (Å²) in [5, 5.41) is 15.1. The number of urea groups is 1. The first kappa shape index (κ1) is 29.2. The van der Waals surface area contributed by atoms with E-state index in [1.54, 1.807) is 0 Å². The number of carbonyl (C=O) groups excluding carboxylic acids is 1. The van der Waals surface area contributed by atoms with Crippen molar-refractivity contribution >= 4 is 11.7 Å². The van der Waals surface area contributed by atoms with Crippen LogP contribution in [0.15, 0.2) is 78.9 Å². The monoisotopic (exact) mass is 558 g/mol. The van der Waals surface area contributed by atoms with E-state index in [0.29, 0.717) is 12.2 Å². The molecule has 8 nitrogen and oxygen atoms in total. The molecule has 2 fully saturated rings. The zero-order valence-electron chi connectivity index (χ0n) is 24.0. The van der Waals surface area contributed by atoms with Crippen LogP contribution in [0.1, 0.15) is 48.5 Å². The summed E-state index contributed by atoms with van der Waals surface area (Å²) in [7, 11) is 0. The molecule has 0 radical (unpaired) electrons. The zero-order chi connectivity index (χ0) is 28.6. The smallest absolute Gasteiger partial charge is 0.319 e. The van der Waals surface area contributed by atoms with Crippen LogP contribution in [0.2, 0.25) is 0 Å². The highest BCUT2D eigenvalue weighted by atomic mass is 16.7. The summed E-state index contributed by atoms with van der Waals surface area (Å²) in [5.41, 5.74) is 4.94. The molecule has 5 rings (SSSR count). The van der Waals surface area contributed by atoms with E-state index in [4.69, 9.17) is 9.47 Å². The number of rotatable bonds is 9. The van der Waals surface area contributed by atoms with Crippen molar-refractivity contribution in [2.75, 3.05) is 44.6 Å². The Morgan fingerprint density at radius 3 is 2.17 bits per heavy atom. The van der Waals surface area contributed by atoms with Crippen molar-refractivity contribution in [3.63, 3.8) is 0 Å². The van der Waals surface area contributed by atoms with E-state index in [-0.39, 0.29) is 30.8 Å². The van der Waals surface area contributed by atoms with Crippen LogP contribution >= 0.6 is 0 Å². The fraction of sp³-hybridized carbons (Fsp3) is 0.424. The van der Waals surface area contributed by atoms with Gasteiger partial charge in [-0.1, -0.05) is 73.7 Å². The zero-order valence-corrected chi connectivity index (χ0v) is 24.0. The lowest BCUT2D eigenvalue weighted by Gasteiger charge is -2.44. The minimum absolute atomic E-state index is 0.0165. The van der Waals surface area contributed by atoms with Gasteiger partial charge in [0.1, 0.15) is 0 Å². The number of nitrogens with one attached hydrogen (secondary N) is 2. The molecule has 2 saturated heterocycles. The Morgan fingerprint density at radius 1 is 0.854 bits per heavy atom. The molecule has 2 aliphatic heterocycles. The molecule has 0 unspecified atom stereocenters. The molecule has 4 atom stereocenters. The molecule has 0 saturated carbocycles. The van der Waals surface area contributed by atoms with Crippen molar-refractivity contribution in [1.82, 2.24) is 15.1 Å². The van der Waals surface area contributed by atoms with Gasteiger partial charge in [0.2, 0.25) is 0 Å². The van der Waals surface area contributed by atoms with Crippen LogP contribution in [0.3, 0.4) is 0 Å². The van der Waals surface area contributed by atoms with Crippen molar-refractivity contribution in [3.05, 3.63) is 101 Å². The average Bonchev–Trinajstić information content (AvgIpc) is 3.00. The van der Waals surface area contributed by atoms with Crippen molar-refractivity contribution in [2.45, 2.75) is 45.5 Å². The van der Waals surface area contributed by atoms with E-state index in [1.165, 1.54) is 5.56 Å². The van der Waals surface area contributed by atoms with Crippen LogP contribution < -0.4 is 10.6 Å². The summed E-state index contributed by atoms with van der Waals surface area (Å²) in [6, 6.07) is 26.1. The molecule has 2 heterocycles. The standard InChI is InChI=1S/C33H42N4O4/c1-3-34-33(39)35-29-15-13-28(14-16-29)32-40-30(24(2)31(41-32)27-11-9-26(23-38)10-12-27)22-37-19-17-36(18-20-37)21-25-7-5-4-6-8-25/h4-16,24,30-32,38H,3,17-23H2,1-2H3,(H2,34,35,39)/t24-,30+,31+,32+/m1/s1. The van der Waals surface area contributed by atoms with Gasteiger partial charge in [0.25, 0.3) is 0 Å². The van der Waals surface area contributed by atoms with Crippen molar-refractivity contribution in [2.24, 2.45) is 5.92 Å². The number of ether oxygens (including phenoxy) is 2. The Balaban J connectivity index is 1.27. The maximum absolute atomic E-state index is 11.9. The van der Waals surface area contributed by atoms with E-state index in [9.17, 15) is 9.90 Å². The van der Waals surface area contributed by atoms with E-state index in [1.807, 2.05) is 55.5 Å². The quantitative estimate of drug-likeness (QED) is 0.345. The molecule has 0 aromatic heterocycles. The number of hydrogen-bond acceptors (Lipinski definition) is 6. The molecule has 3 N–H and O–H groups in total. The Bertz CT molecular complexity index is 1230. The van der Waals surface area contributed by atoms with Crippen LogP contribution in [-0.2, 0) is 22.6 Å². The van der Waals surface area contributed by atoms with Gasteiger partial charge in [0, 0.05) is 63.0 Å². The minimum Gasteiger partial charge on any atom is -0.392 e. The Hall–Kier alpha value is -3.27. The van der Waals surface area contributed by atoms with E-state index in [0.717, 1.165) is 56.0 Å². The van der Waals surface area contributed by atoms with Crippen LogP contribution in [0.25, 0.3) is 0 Å². The summed E-state index contributed by atoms with van der Waals surface area (Å²) >= 11 is 0. The molecule has 0 aliphatic carbocycles. The molecule has 3 aromatic carbocycles. The summed E-state index contributed by atoms with van der Waals surface area (Å²) in [5.74, 6) is 0.132. The number of piperazine rings is 1. The van der Waals surface area contributed by atoms with Crippen molar-refractivity contribution in [1.29, 1.82) is 0 Å². The maximum atomic E-state index is 11.9. The number of benzene rings is 3. The summed E-state index contributed by atoms with van der Waals surface area (Å²) < 4.78 is 13.2. The lowest BCUT2D eigenvalue weighted by Crippen LogP contribution is -2.51. The second-order valence-corrected chi connectivity index (χ2v) is 11.0. The van der Waals surface area contributed by atoms with Gasteiger partial charge < -0.3 is 25.2 Å². The third-order valence-electron chi connectivity index (χ3n) is 8.05. The lowest BCUT2D eigenvalue weighted by molar-refractivity contribution is -0.276. The second kappa shape index (κ2) is 14.1. The molecular weight excluding hydrogens is 516 g/mol. The summed E-state index contributed by atoms with van der Waals surface area (Å²) in [6.07, 6.45) is -0.708. The van der Waals surface area contributed by atoms with Crippen molar-refractivity contribution < 1.29 is 19.4 Å². The number of hydrogen-bond donors (Lipinski definition) is 3. The number of amides is 2. The van der Waals surface area contributed by atoms with Gasteiger partial charge in [0.05, 0.1) is 18.8 Å². The predicted molar refractivity (Wildman–Crippen MR) is 160 cm³/mol. The largest absolute Gasteiger partial charge is 0.392 e. The van der Waals surface area contributed by atoms with Crippen molar-refractivity contribution in [3.8, 4) is 0 Å². The maximum Gasteiger partial charge on any atom is 0.319 e.